The van der Waals surface area contributed by atoms with Crippen molar-refractivity contribution in [3.63, 3.8) is 0 Å². The normalized spacial score (nSPS) is 15.1. The van der Waals surface area contributed by atoms with Crippen LogP contribution in [0.25, 0.3) is 71.8 Å². The maximum absolute atomic E-state index is 5.13. The number of aromatic nitrogens is 4. The summed E-state index contributed by atoms with van der Waals surface area (Å²) in [6, 6.07) is 37.8. The number of hydrogen-bond donors (Lipinski definition) is 0. The fourth-order valence-electron chi connectivity index (χ4n) is 8.01. The van der Waals surface area contributed by atoms with Gasteiger partial charge in [-0.1, -0.05) is 78.9 Å². The lowest BCUT2D eigenvalue weighted by Crippen LogP contribution is -2.07. The average molecular weight is 551 g/mol. The molecule has 0 radical (unpaired) electrons. The third-order valence-corrected chi connectivity index (χ3v) is 9.81. The first kappa shape index (κ1) is 23.2. The fourth-order valence-corrected chi connectivity index (χ4v) is 8.01. The van der Waals surface area contributed by atoms with Gasteiger partial charge in [-0.3, -0.25) is 4.57 Å². The highest BCUT2D eigenvalue weighted by Gasteiger charge is 2.35. The highest BCUT2D eigenvalue weighted by molar-refractivity contribution is 6.19. The molecular weight excluding hydrogens is 524 g/mol. The molecule has 1 unspecified atom stereocenters. The molecule has 2 bridgehead atoms. The van der Waals surface area contributed by atoms with Crippen molar-refractivity contribution in [3.8, 4) is 28.2 Å². The van der Waals surface area contributed by atoms with Crippen molar-refractivity contribution in [2.45, 2.75) is 25.7 Å². The standard InChI is InChI=1S/C39H26N4/c1-22-24-14-8-20-40-38(24)42-39(41-22)43-34-15-7-6-13-29(34)33-21-32-27-12-5-4-11-26(27)28-18-19-31(32)36(37(33)43)35-25-10-3-2-9-23(25)16-17-30(28)35/h2-17,20-21,28H,18-19H2,1H3. The van der Waals surface area contributed by atoms with Crippen molar-refractivity contribution in [1.82, 2.24) is 19.5 Å². The summed E-state index contributed by atoms with van der Waals surface area (Å²) in [5.41, 5.74) is 13.6. The van der Waals surface area contributed by atoms with Crippen LogP contribution >= 0.6 is 0 Å². The Morgan fingerprint density at radius 1 is 0.674 bits per heavy atom. The Hall–Kier alpha value is -5.35. The van der Waals surface area contributed by atoms with Crippen LogP contribution in [0.15, 0.2) is 109 Å². The van der Waals surface area contributed by atoms with E-state index in [1.165, 1.54) is 66.0 Å². The Bertz CT molecular complexity index is 2490. The smallest absolute Gasteiger partial charge is 0.236 e. The summed E-state index contributed by atoms with van der Waals surface area (Å²) in [7, 11) is 0. The first-order valence-electron chi connectivity index (χ1n) is 15.1. The molecule has 0 spiro atoms. The fraction of sp³-hybridized carbons (Fsp3) is 0.103. The summed E-state index contributed by atoms with van der Waals surface area (Å²) < 4.78 is 2.31. The molecule has 4 nitrogen and oxygen atoms in total. The molecule has 3 aromatic heterocycles. The van der Waals surface area contributed by atoms with Gasteiger partial charge < -0.3 is 0 Å². The first-order chi connectivity index (χ1) is 21.3. The Kier molecular flexibility index (Phi) is 4.52. The second-order valence-electron chi connectivity index (χ2n) is 11.9. The van der Waals surface area contributed by atoms with Gasteiger partial charge in [0.25, 0.3) is 0 Å². The van der Waals surface area contributed by atoms with Crippen LogP contribution in [0.1, 0.15) is 34.7 Å². The van der Waals surface area contributed by atoms with Gasteiger partial charge in [-0.2, -0.15) is 4.98 Å². The monoisotopic (exact) mass is 550 g/mol. The number of nitrogens with zero attached hydrogens (tertiary/aromatic N) is 4. The first-order valence-corrected chi connectivity index (χ1v) is 15.1. The van der Waals surface area contributed by atoms with E-state index in [1.54, 1.807) is 0 Å². The molecule has 0 saturated carbocycles. The van der Waals surface area contributed by atoms with Crippen molar-refractivity contribution in [2.75, 3.05) is 0 Å². The lowest BCUT2D eigenvalue weighted by atomic mass is 9.78. The quantitative estimate of drug-likeness (QED) is 0.205. The van der Waals surface area contributed by atoms with Gasteiger partial charge in [-0.15, -0.1) is 0 Å². The number of pyridine rings is 1. The summed E-state index contributed by atoms with van der Waals surface area (Å²) in [6.45, 7) is 2.06. The van der Waals surface area contributed by atoms with Gasteiger partial charge in [-0.05, 0) is 88.2 Å². The predicted octanol–water partition coefficient (Wildman–Crippen LogP) is 9.31. The maximum Gasteiger partial charge on any atom is 0.236 e. The number of aryl methyl sites for hydroxylation is 1. The third kappa shape index (κ3) is 3.02. The highest BCUT2D eigenvalue weighted by atomic mass is 15.2. The van der Waals surface area contributed by atoms with E-state index in [2.05, 4.69) is 114 Å². The number of fused-ring (bicyclic) bond motifs is 15. The predicted molar refractivity (Wildman–Crippen MR) is 175 cm³/mol. The summed E-state index contributed by atoms with van der Waals surface area (Å²) in [4.78, 5) is 14.9. The molecule has 8 aromatic rings. The van der Waals surface area contributed by atoms with Gasteiger partial charge in [-0.25, -0.2) is 9.97 Å². The Labute approximate surface area is 248 Å². The Morgan fingerprint density at radius 2 is 1.49 bits per heavy atom. The van der Waals surface area contributed by atoms with Crippen molar-refractivity contribution in [1.29, 1.82) is 0 Å². The molecule has 4 heteroatoms. The second-order valence-corrected chi connectivity index (χ2v) is 11.9. The number of para-hydroxylation sites is 1. The molecule has 0 fully saturated rings. The van der Waals surface area contributed by atoms with Crippen LogP contribution in [0.4, 0.5) is 0 Å². The zero-order valence-corrected chi connectivity index (χ0v) is 23.7. The zero-order chi connectivity index (χ0) is 28.2. The van der Waals surface area contributed by atoms with Crippen LogP contribution in [0.3, 0.4) is 0 Å². The van der Waals surface area contributed by atoms with Crippen molar-refractivity contribution in [2.24, 2.45) is 0 Å². The summed E-state index contributed by atoms with van der Waals surface area (Å²) in [6.07, 6.45) is 3.92. The minimum absolute atomic E-state index is 0.331. The summed E-state index contributed by atoms with van der Waals surface area (Å²) >= 11 is 0. The maximum atomic E-state index is 5.13. The second kappa shape index (κ2) is 8.36. The van der Waals surface area contributed by atoms with E-state index in [0.29, 0.717) is 11.9 Å². The minimum atomic E-state index is 0.331. The van der Waals surface area contributed by atoms with Gasteiger partial charge in [0.2, 0.25) is 5.95 Å². The molecule has 10 rings (SSSR count). The van der Waals surface area contributed by atoms with Crippen LogP contribution in [0, 0.1) is 6.92 Å². The third-order valence-electron chi connectivity index (χ3n) is 9.81. The van der Waals surface area contributed by atoms with E-state index >= 15 is 0 Å². The van der Waals surface area contributed by atoms with E-state index in [1.807, 2.05) is 12.3 Å². The number of benzene rings is 5. The summed E-state index contributed by atoms with van der Waals surface area (Å²) in [5, 5.41) is 6.01. The minimum Gasteiger partial charge on any atom is -0.277 e. The molecule has 0 aliphatic heterocycles. The van der Waals surface area contributed by atoms with E-state index in [9.17, 15) is 0 Å². The van der Waals surface area contributed by atoms with Crippen molar-refractivity contribution in [3.05, 3.63) is 132 Å². The molecule has 5 aromatic carbocycles. The molecule has 43 heavy (non-hydrogen) atoms. The number of hydrogen-bond acceptors (Lipinski definition) is 3. The molecule has 3 heterocycles. The molecule has 1 atom stereocenters. The molecular formula is C39H26N4. The Morgan fingerprint density at radius 3 is 2.44 bits per heavy atom. The molecule has 0 saturated heterocycles. The largest absolute Gasteiger partial charge is 0.277 e. The van der Waals surface area contributed by atoms with Crippen LogP contribution in [-0.4, -0.2) is 19.5 Å². The van der Waals surface area contributed by atoms with E-state index in [-0.39, 0.29) is 0 Å². The molecule has 2 aliphatic carbocycles. The molecule has 0 N–H and O–H groups in total. The molecule has 0 amide bonds. The average Bonchev–Trinajstić information content (AvgIpc) is 3.16. The van der Waals surface area contributed by atoms with Gasteiger partial charge in [0.05, 0.1) is 16.7 Å². The van der Waals surface area contributed by atoms with E-state index < -0.39 is 0 Å². The topological polar surface area (TPSA) is 43.6 Å². The SMILES string of the molecule is Cc1nc(-n2c3ccccc3c3cc4c5c(c32)-c2c(ccc3ccccc23)C(CC5)c2ccccc2-4)nc2ncccc12. The Balaban J connectivity index is 1.48. The van der Waals surface area contributed by atoms with Crippen LogP contribution < -0.4 is 0 Å². The highest BCUT2D eigenvalue weighted by Crippen LogP contribution is 2.55. The van der Waals surface area contributed by atoms with Crippen LogP contribution in [-0.2, 0) is 6.42 Å². The lowest BCUT2D eigenvalue weighted by molar-refractivity contribution is 0.736. The lowest BCUT2D eigenvalue weighted by Gasteiger charge is -2.26. The van der Waals surface area contributed by atoms with Gasteiger partial charge >= 0.3 is 0 Å². The van der Waals surface area contributed by atoms with Crippen molar-refractivity contribution >= 4 is 43.6 Å². The van der Waals surface area contributed by atoms with Crippen LogP contribution in [0.5, 0.6) is 0 Å². The van der Waals surface area contributed by atoms with Crippen LogP contribution in [0.2, 0.25) is 0 Å². The number of rotatable bonds is 1. The summed E-state index contributed by atoms with van der Waals surface area (Å²) in [5.74, 6) is 1.00. The van der Waals surface area contributed by atoms with Gasteiger partial charge in [0.15, 0.2) is 5.65 Å². The van der Waals surface area contributed by atoms with Crippen molar-refractivity contribution < 1.29 is 0 Å². The van der Waals surface area contributed by atoms with E-state index in [0.717, 1.165) is 35.1 Å². The zero-order valence-electron chi connectivity index (χ0n) is 23.7. The van der Waals surface area contributed by atoms with Gasteiger partial charge in [0, 0.05) is 33.8 Å². The van der Waals surface area contributed by atoms with E-state index in [4.69, 9.17) is 9.97 Å². The molecule has 202 valence electrons. The van der Waals surface area contributed by atoms with Gasteiger partial charge in [0.1, 0.15) is 0 Å². The molecule has 2 aliphatic rings.